The number of fused-ring (bicyclic) bond motifs is 2. The molecule has 1 unspecified atom stereocenters. The average molecular weight is 790 g/mol. The Labute approximate surface area is 321 Å². The summed E-state index contributed by atoms with van der Waals surface area (Å²) < 4.78 is 3.15. The molecule has 0 spiro atoms. The molecule has 3 aliphatic heterocycles. The van der Waals surface area contributed by atoms with Crippen molar-refractivity contribution < 1.29 is 14.4 Å². The molecule has 1 aliphatic carbocycles. The molecule has 4 aliphatic rings. The molecule has 2 saturated heterocycles. The summed E-state index contributed by atoms with van der Waals surface area (Å²) in [5.41, 5.74) is 7.34. The van der Waals surface area contributed by atoms with Gasteiger partial charge in [0.1, 0.15) is 11.6 Å². The van der Waals surface area contributed by atoms with Gasteiger partial charge in [-0.1, -0.05) is 53.0 Å². The number of piperazine rings is 1. The predicted molar refractivity (Wildman–Crippen MR) is 210 cm³/mol. The number of halogens is 1. The highest BCUT2D eigenvalue weighted by Gasteiger charge is 2.39. The van der Waals surface area contributed by atoms with Gasteiger partial charge in [-0.05, 0) is 72.9 Å². The molecule has 276 valence electrons. The van der Waals surface area contributed by atoms with Crippen molar-refractivity contribution in [3.8, 4) is 0 Å². The van der Waals surface area contributed by atoms with Crippen LogP contribution in [0.1, 0.15) is 66.1 Å². The second kappa shape index (κ2) is 14.5. The van der Waals surface area contributed by atoms with Crippen molar-refractivity contribution >= 4 is 73.8 Å². The third kappa shape index (κ3) is 6.79. The van der Waals surface area contributed by atoms with E-state index in [9.17, 15) is 14.4 Å². The molecule has 2 aromatic heterocycles. The zero-order valence-corrected chi connectivity index (χ0v) is 31.4. The van der Waals surface area contributed by atoms with Crippen LogP contribution in [0, 0.1) is 0 Å². The molecule has 14 heteroatoms. The molecule has 54 heavy (non-hydrogen) atoms. The summed E-state index contributed by atoms with van der Waals surface area (Å²) in [4.78, 5) is 58.2. The highest BCUT2D eigenvalue weighted by atomic mass is 79.9. The van der Waals surface area contributed by atoms with Crippen LogP contribution in [0.3, 0.4) is 0 Å². The van der Waals surface area contributed by atoms with E-state index in [0.717, 1.165) is 89.7 Å². The van der Waals surface area contributed by atoms with Crippen LogP contribution >= 0.6 is 15.9 Å². The summed E-state index contributed by atoms with van der Waals surface area (Å²) in [6.07, 6.45) is 7.03. The first kappa shape index (κ1) is 34.4. The number of carbonyl (C=O) groups excluding carboxylic acids is 3. The van der Waals surface area contributed by atoms with E-state index >= 15 is 0 Å². The Morgan fingerprint density at radius 1 is 0.852 bits per heavy atom. The Hall–Kier alpha value is -5.34. The number of aromatic nitrogens is 4. The smallest absolute Gasteiger partial charge is 0.255 e. The molecule has 0 radical (unpaired) electrons. The van der Waals surface area contributed by atoms with E-state index < -0.39 is 11.9 Å². The lowest BCUT2D eigenvalue weighted by Crippen LogP contribution is -2.52. The van der Waals surface area contributed by atoms with Crippen LogP contribution in [0.2, 0.25) is 0 Å². The standard InChI is InChI=1S/C40H41BrN10O3/c41-32-21-31-25(24-50(38(31)54)34-14-15-35(52)46-37(34)53)20-26(32)23-48-16-18-49(19-17-48)29-12-10-28(11-13-29)43-39-42-22-33-36(47-39)51(30-8-4-5-9-30)40(45-33)44-27-6-2-1-3-7-27/h1-3,6-7,10-13,20-22,30,34H,4-5,8-9,14-19,23-24H2,(H,44,45)(H,42,43,47)(H,46,52,53). The highest BCUT2D eigenvalue weighted by Crippen LogP contribution is 2.36. The molecule has 3 N–H and O–H groups in total. The number of rotatable bonds is 9. The number of carbonyl (C=O) groups is 3. The van der Waals surface area contributed by atoms with Crippen molar-refractivity contribution in [1.29, 1.82) is 0 Å². The quantitative estimate of drug-likeness (QED) is 0.146. The van der Waals surface area contributed by atoms with Gasteiger partial charge >= 0.3 is 0 Å². The van der Waals surface area contributed by atoms with Crippen LogP contribution in [0.5, 0.6) is 0 Å². The number of piperidine rings is 1. The van der Waals surface area contributed by atoms with Gasteiger partial charge in [0, 0.05) is 78.8 Å². The van der Waals surface area contributed by atoms with Gasteiger partial charge in [0.15, 0.2) is 5.65 Å². The molecule has 5 aromatic rings. The maximum absolute atomic E-state index is 13.2. The summed E-state index contributed by atoms with van der Waals surface area (Å²) in [6.45, 7) is 4.70. The van der Waals surface area contributed by atoms with E-state index in [1.807, 2.05) is 36.4 Å². The van der Waals surface area contributed by atoms with Gasteiger partial charge in [0.05, 0.1) is 6.20 Å². The van der Waals surface area contributed by atoms with Gasteiger partial charge in [-0.3, -0.25) is 29.2 Å². The highest BCUT2D eigenvalue weighted by molar-refractivity contribution is 9.10. The lowest BCUT2D eigenvalue weighted by Gasteiger charge is -2.36. The third-order valence-corrected chi connectivity index (χ3v) is 11.8. The van der Waals surface area contributed by atoms with Gasteiger partial charge in [-0.15, -0.1) is 0 Å². The lowest BCUT2D eigenvalue weighted by molar-refractivity contribution is -0.136. The Bertz CT molecular complexity index is 2230. The molecular weight excluding hydrogens is 748 g/mol. The van der Waals surface area contributed by atoms with Gasteiger partial charge < -0.3 is 20.4 Å². The first-order valence-electron chi connectivity index (χ1n) is 18.7. The van der Waals surface area contributed by atoms with Crippen molar-refractivity contribution in [3.63, 3.8) is 0 Å². The van der Waals surface area contributed by atoms with E-state index in [2.05, 4.69) is 81.6 Å². The molecule has 13 nitrogen and oxygen atoms in total. The molecule has 3 aromatic carbocycles. The average Bonchev–Trinajstić information content (AvgIpc) is 3.91. The fourth-order valence-corrected chi connectivity index (χ4v) is 8.72. The lowest BCUT2D eigenvalue weighted by atomic mass is 10.0. The Kier molecular flexibility index (Phi) is 9.23. The minimum absolute atomic E-state index is 0.160. The van der Waals surface area contributed by atoms with Gasteiger partial charge in [-0.2, -0.15) is 4.98 Å². The largest absolute Gasteiger partial charge is 0.369 e. The third-order valence-electron chi connectivity index (χ3n) is 11.1. The number of benzene rings is 3. The first-order chi connectivity index (χ1) is 26.4. The Balaban J connectivity index is 0.828. The minimum atomic E-state index is -0.617. The molecular formula is C40H41BrN10O3. The van der Waals surface area contributed by atoms with Crippen LogP contribution < -0.4 is 20.9 Å². The molecule has 0 bridgehead atoms. The zero-order chi connectivity index (χ0) is 36.8. The van der Waals surface area contributed by atoms with E-state index in [4.69, 9.17) is 9.97 Å². The number of imidazole rings is 1. The second-order valence-corrected chi connectivity index (χ2v) is 15.4. The Morgan fingerprint density at radius 2 is 1.61 bits per heavy atom. The normalized spacial score (nSPS) is 19.4. The summed E-state index contributed by atoms with van der Waals surface area (Å²) in [5, 5.41) is 9.30. The number of hydrogen-bond donors (Lipinski definition) is 3. The Morgan fingerprint density at radius 3 is 2.37 bits per heavy atom. The van der Waals surface area contributed by atoms with Crippen molar-refractivity contribution in [2.75, 3.05) is 41.7 Å². The van der Waals surface area contributed by atoms with Gasteiger partial charge in [-0.25, -0.2) is 9.97 Å². The number of nitrogens with zero attached hydrogens (tertiary/aromatic N) is 7. The summed E-state index contributed by atoms with van der Waals surface area (Å²) >= 11 is 3.71. The van der Waals surface area contributed by atoms with E-state index in [-0.39, 0.29) is 18.2 Å². The SMILES string of the molecule is O=C1CCC(N2Cc3cc(CN4CCN(c5ccc(Nc6ncc7nc(Nc8ccccc8)n(C8CCCC8)c7n6)cc5)CC4)c(Br)cc3C2=O)C(=O)N1. The van der Waals surface area contributed by atoms with Crippen molar-refractivity contribution in [2.24, 2.45) is 0 Å². The van der Waals surface area contributed by atoms with Gasteiger partial charge in [0.2, 0.25) is 23.7 Å². The van der Waals surface area contributed by atoms with E-state index in [0.29, 0.717) is 30.5 Å². The molecule has 5 heterocycles. The zero-order valence-electron chi connectivity index (χ0n) is 29.8. The predicted octanol–water partition coefficient (Wildman–Crippen LogP) is 6.27. The van der Waals surface area contributed by atoms with Crippen molar-refractivity contribution in [1.82, 2.24) is 34.6 Å². The van der Waals surface area contributed by atoms with Crippen LogP contribution in [-0.4, -0.2) is 79.3 Å². The van der Waals surface area contributed by atoms with Crippen LogP contribution in [0.4, 0.5) is 29.0 Å². The molecule has 9 rings (SSSR count). The number of nitrogens with one attached hydrogen (secondary N) is 3. The molecule has 3 fully saturated rings. The molecule has 3 amide bonds. The van der Waals surface area contributed by atoms with Crippen molar-refractivity contribution in [2.45, 2.75) is 63.7 Å². The fraction of sp³-hybridized carbons (Fsp3) is 0.350. The maximum Gasteiger partial charge on any atom is 0.255 e. The number of amides is 3. The minimum Gasteiger partial charge on any atom is -0.369 e. The van der Waals surface area contributed by atoms with E-state index in [1.165, 1.54) is 18.5 Å². The number of para-hydroxylation sites is 1. The number of anilines is 5. The van der Waals surface area contributed by atoms with E-state index in [1.54, 1.807) is 11.1 Å². The topological polar surface area (TPSA) is 141 Å². The monoisotopic (exact) mass is 788 g/mol. The number of hydrogen-bond acceptors (Lipinski definition) is 10. The van der Waals surface area contributed by atoms with Crippen LogP contribution in [0.15, 0.2) is 77.4 Å². The maximum atomic E-state index is 13.2. The molecule has 1 atom stereocenters. The number of imide groups is 1. The second-order valence-electron chi connectivity index (χ2n) is 14.6. The van der Waals surface area contributed by atoms with Crippen LogP contribution in [-0.2, 0) is 22.7 Å². The van der Waals surface area contributed by atoms with Crippen molar-refractivity contribution in [3.05, 3.63) is 94.1 Å². The summed E-state index contributed by atoms with van der Waals surface area (Å²) in [6, 6.07) is 22.3. The molecule has 1 saturated carbocycles. The van der Waals surface area contributed by atoms with Gasteiger partial charge in [0.25, 0.3) is 5.91 Å². The van der Waals surface area contributed by atoms with Crippen LogP contribution in [0.25, 0.3) is 11.2 Å². The first-order valence-corrected chi connectivity index (χ1v) is 19.5. The fourth-order valence-electron chi connectivity index (χ4n) is 8.25. The summed E-state index contributed by atoms with van der Waals surface area (Å²) in [7, 11) is 0. The summed E-state index contributed by atoms with van der Waals surface area (Å²) in [5.74, 6) is 0.506.